The lowest BCUT2D eigenvalue weighted by molar-refractivity contribution is 0.241. The van der Waals surface area contributed by atoms with Crippen LogP contribution in [0.15, 0.2) is 53.6 Å². The molecule has 2 aromatic carbocycles. The lowest BCUT2D eigenvalue weighted by atomic mass is 10.2. The molecule has 0 saturated heterocycles. The summed E-state index contributed by atoms with van der Waals surface area (Å²) < 4.78 is 21.0. The van der Waals surface area contributed by atoms with Gasteiger partial charge in [0.05, 0.1) is 17.3 Å². The van der Waals surface area contributed by atoms with Crippen molar-refractivity contribution in [2.75, 3.05) is 0 Å². The molecule has 0 unspecified atom stereocenters. The molecule has 0 N–H and O–H groups in total. The van der Waals surface area contributed by atoms with Crippen LogP contribution in [0.25, 0.3) is 16.6 Å². The Morgan fingerprint density at radius 1 is 1.14 bits per heavy atom. The second kappa shape index (κ2) is 5.60. The number of hydrogen-bond acceptors (Lipinski definition) is 3. The number of benzene rings is 2. The summed E-state index contributed by atoms with van der Waals surface area (Å²) in [5.41, 5.74) is 0.422. The number of para-hydroxylation sites is 2. The Hall–Kier alpha value is -2.69. The number of aromatic nitrogens is 2. The van der Waals surface area contributed by atoms with Crippen LogP contribution in [-0.4, -0.2) is 15.7 Å². The van der Waals surface area contributed by atoms with E-state index >= 15 is 0 Å². The van der Waals surface area contributed by atoms with Gasteiger partial charge in [-0.1, -0.05) is 18.2 Å². The normalized spacial score (nSPS) is 11.1. The molecule has 0 aliphatic carbocycles. The Labute approximate surface area is 126 Å². The van der Waals surface area contributed by atoms with Gasteiger partial charge < -0.3 is 4.74 Å². The molecule has 22 heavy (non-hydrogen) atoms. The fourth-order valence-corrected chi connectivity index (χ4v) is 2.31. The molecule has 112 valence electrons. The van der Waals surface area contributed by atoms with E-state index in [2.05, 4.69) is 4.98 Å². The first kappa shape index (κ1) is 14.3. The fourth-order valence-electron chi connectivity index (χ4n) is 2.31. The van der Waals surface area contributed by atoms with Crippen LogP contribution in [0.2, 0.25) is 0 Å². The van der Waals surface area contributed by atoms with Crippen molar-refractivity contribution in [2.24, 2.45) is 0 Å². The summed E-state index contributed by atoms with van der Waals surface area (Å²) >= 11 is 0. The third-order valence-corrected chi connectivity index (χ3v) is 3.22. The van der Waals surface area contributed by atoms with Gasteiger partial charge in [0, 0.05) is 0 Å². The highest BCUT2D eigenvalue weighted by molar-refractivity contribution is 5.78. The van der Waals surface area contributed by atoms with Crippen molar-refractivity contribution in [1.82, 2.24) is 9.55 Å². The highest BCUT2D eigenvalue weighted by atomic mass is 19.1. The molecule has 1 heterocycles. The van der Waals surface area contributed by atoms with Crippen LogP contribution in [-0.2, 0) is 0 Å². The van der Waals surface area contributed by atoms with Crippen molar-refractivity contribution in [3.05, 3.63) is 65.0 Å². The quantitative estimate of drug-likeness (QED) is 0.745. The van der Waals surface area contributed by atoms with E-state index in [0.717, 1.165) is 0 Å². The van der Waals surface area contributed by atoms with Gasteiger partial charge in [-0.3, -0.25) is 9.36 Å². The van der Waals surface area contributed by atoms with Gasteiger partial charge in [-0.25, -0.2) is 9.37 Å². The molecule has 0 aliphatic heterocycles. The summed E-state index contributed by atoms with van der Waals surface area (Å²) in [5, 5.41) is -0.0237. The van der Waals surface area contributed by atoms with Crippen molar-refractivity contribution < 1.29 is 9.13 Å². The number of nitrogens with zero attached hydrogens (tertiary/aromatic N) is 2. The van der Waals surface area contributed by atoms with Crippen molar-refractivity contribution in [2.45, 2.75) is 20.0 Å². The second-order valence-electron chi connectivity index (χ2n) is 5.19. The van der Waals surface area contributed by atoms with E-state index in [9.17, 15) is 9.18 Å². The maximum absolute atomic E-state index is 14.0. The molecular weight excluding hydrogens is 283 g/mol. The minimum absolute atomic E-state index is 0.0237. The van der Waals surface area contributed by atoms with Crippen molar-refractivity contribution in [3.63, 3.8) is 0 Å². The minimum Gasteiger partial charge on any atom is -0.489 e. The molecule has 0 spiro atoms. The number of ether oxygens (including phenoxy) is 1. The molecule has 3 rings (SSSR count). The van der Waals surface area contributed by atoms with Gasteiger partial charge in [-0.15, -0.1) is 0 Å². The summed E-state index contributed by atoms with van der Waals surface area (Å²) in [6.07, 6.45) is 1.36. The SMILES string of the molecule is CC(C)Oc1ccccc1-n1cnc2cccc(F)c2c1=O. The first-order chi connectivity index (χ1) is 10.6. The van der Waals surface area contributed by atoms with Crippen LogP contribution in [0, 0.1) is 5.82 Å². The van der Waals surface area contributed by atoms with E-state index in [1.807, 2.05) is 19.9 Å². The predicted octanol–water partition coefficient (Wildman–Crippen LogP) is 3.31. The molecule has 0 atom stereocenters. The molecule has 4 nitrogen and oxygen atoms in total. The smallest absolute Gasteiger partial charge is 0.268 e. The standard InChI is InChI=1S/C17H15FN2O2/c1-11(2)22-15-9-4-3-8-14(15)20-10-19-13-7-5-6-12(18)16(13)17(20)21/h3-11H,1-2H3. The van der Waals surface area contributed by atoms with Gasteiger partial charge in [-0.05, 0) is 38.1 Å². The van der Waals surface area contributed by atoms with E-state index in [-0.39, 0.29) is 11.5 Å². The number of hydrogen-bond donors (Lipinski definition) is 0. The van der Waals surface area contributed by atoms with E-state index in [0.29, 0.717) is 17.0 Å². The average molecular weight is 298 g/mol. The zero-order valence-corrected chi connectivity index (χ0v) is 12.3. The van der Waals surface area contributed by atoms with Crippen molar-refractivity contribution in [1.29, 1.82) is 0 Å². The maximum Gasteiger partial charge on any atom is 0.268 e. The number of halogens is 1. The van der Waals surface area contributed by atoms with Gasteiger partial charge in [0.15, 0.2) is 0 Å². The Bertz CT molecular complexity index is 887. The zero-order valence-electron chi connectivity index (χ0n) is 12.3. The molecular formula is C17H15FN2O2. The van der Waals surface area contributed by atoms with E-state index in [1.165, 1.54) is 23.0 Å². The van der Waals surface area contributed by atoms with Gasteiger partial charge in [0.25, 0.3) is 5.56 Å². The fraction of sp³-hybridized carbons (Fsp3) is 0.176. The third-order valence-electron chi connectivity index (χ3n) is 3.22. The summed E-state index contributed by atoms with van der Waals surface area (Å²) in [6.45, 7) is 3.80. The summed E-state index contributed by atoms with van der Waals surface area (Å²) in [7, 11) is 0. The summed E-state index contributed by atoms with van der Waals surface area (Å²) in [5.74, 6) is -0.0244. The molecule has 5 heteroatoms. The maximum atomic E-state index is 14.0. The van der Waals surface area contributed by atoms with Gasteiger partial charge in [-0.2, -0.15) is 0 Å². The predicted molar refractivity (Wildman–Crippen MR) is 83.1 cm³/mol. The highest BCUT2D eigenvalue weighted by Gasteiger charge is 2.13. The first-order valence-electron chi connectivity index (χ1n) is 7.00. The monoisotopic (exact) mass is 298 g/mol. The van der Waals surface area contributed by atoms with Crippen molar-refractivity contribution in [3.8, 4) is 11.4 Å². The largest absolute Gasteiger partial charge is 0.489 e. The van der Waals surface area contributed by atoms with Crippen LogP contribution < -0.4 is 10.3 Å². The minimum atomic E-state index is -0.577. The van der Waals surface area contributed by atoms with E-state index < -0.39 is 11.4 Å². The molecule has 0 saturated carbocycles. The Morgan fingerprint density at radius 2 is 1.91 bits per heavy atom. The third kappa shape index (κ3) is 2.45. The van der Waals surface area contributed by atoms with Crippen LogP contribution in [0.4, 0.5) is 4.39 Å². The summed E-state index contributed by atoms with van der Waals surface area (Å²) in [4.78, 5) is 16.8. The Morgan fingerprint density at radius 3 is 2.68 bits per heavy atom. The van der Waals surface area contributed by atoms with Crippen LogP contribution in [0.1, 0.15) is 13.8 Å². The van der Waals surface area contributed by atoms with Gasteiger partial charge >= 0.3 is 0 Å². The summed E-state index contributed by atoms with van der Waals surface area (Å²) in [6, 6.07) is 11.5. The lowest BCUT2D eigenvalue weighted by Gasteiger charge is -2.15. The van der Waals surface area contributed by atoms with Crippen molar-refractivity contribution >= 4 is 10.9 Å². The van der Waals surface area contributed by atoms with Crippen LogP contribution in [0.3, 0.4) is 0 Å². The molecule has 0 radical (unpaired) electrons. The number of fused-ring (bicyclic) bond motifs is 1. The van der Waals surface area contributed by atoms with Crippen LogP contribution in [0.5, 0.6) is 5.75 Å². The second-order valence-corrected chi connectivity index (χ2v) is 5.19. The Kier molecular flexibility index (Phi) is 3.63. The average Bonchev–Trinajstić information content (AvgIpc) is 2.48. The lowest BCUT2D eigenvalue weighted by Crippen LogP contribution is -2.21. The van der Waals surface area contributed by atoms with Crippen LogP contribution >= 0.6 is 0 Å². The van der Waals surface area contributed by atoms with E-state index in [4.69, 9.17) is 4.74 Å². The zero-order chi connectivity index (χ0) is 15.7. The highest BCUT2D eigenvalue weighted by Crippen LogP contribution is 2.23. The molecule has 0 amide bonds. The van der Waals surface area contributed by atoms with Gasteiger partial charge in [0.1, 0.15) is 23.3 Å². The topological polar surface area (TPSA) is 44.1 Å². The first-order valence-corrected chi connectivity index (χ1v) is 7.00. The Balaban J connectivity index is 2.26. The van der Waals surface area contributed by atoms with E-state index in [1.54, 1.807) is 24.3 Å². The molecule has 0 bridgehead atoms. The van der Waals surface area contributed by atoms with Gasteiger partial charge in [0.2, 0.25) is 0 Å². The molecule has 3 aromatic rings. The molecule has 1 aromatic heterocycles. The number of rotatable bonds is 3. The molecule has 0 fully saturated rings. The molecule has 0 aliphatic rings.